The number of aromatic amines is 1. The van der Waals surface area contributed by atoms with E-state index in [1.165, 1.54) is 0 Å². The minimum absolute atomic E-state index is 0.364. The van der Waals surface area contributed by atoms with Gasteiger partial charge in [-0.2, -0.15) is 13.2 Å². The average Bonchev–Trinajstić information content (AvgIpc) is 3.08. The highest BCUT2D eigenvalue weighted by Gasteiger charge is 2.33. The third-order valence-corrected chi connectivity index (χ3v) is 4.67. The van der Waals surface area contributed by atoms with E-state index in [-0.39, 0.29) is 6.04 Å². The molecule has 4 heterocycles. The van der Waals surface area contributed by atoms with Gasteiger partial charge in [-0.3, -0.25) is 4.79 Å². The lowest BCUT2D eigenvalue weighted by molar-refractivity contribution is -0.154. The number of nitrogens with one attached hydrogen (secondary N) is 2. The Bertz CT molecular complexity index is 1030. The zero-order chi connectivity index (χ0) is 19.9. The molecule has 1 aliphatic rings. The first-order chi connectivity index (χ1) is 13.3. The van der Waals surface area contributed by atoms with Gasteiger partial charge >= 0.3 is 6.18 Å². The predicted octanol–water partition coefficient (Wildman–Crippen LogP) is 2.25. The molecule has 4 rings (SSSR count). The molecule has 1 atom stereocenters. The van der Waals surface area contributed by atoms with Crippen LogP contribution in [0.3, 0.4) is 0 Å². The van der Waals surface area contributed by atoms with Crippen molar-refractivity contribution in [3.63, 3.8) is 0 Å². The summed E-state index contributed by atoms with van der Waals surface area (Å²) in [5.41, 5.74) is 1.06. The molecule has 0 aromatic carbocycles. The summed E-state index contributed by atoms with van der Waals surface area (Å²) in [6.07, 6.45) is -2.91. The molecule has 2 N–H and O–H groups in total. The number of fused-ring (bicyclic) bond motifs is 3. The van der Waals surface area contributed by atoms with E-state index in [4.69, 9.17) is 0 Å². The number of nitrogens with zero attached hydrogens (tertiary/aromatic N) is 5. The third-order valence-electron chi connectivity index (χ3n) is 4.67. The summed E-state index contributed by atoms with van der Waals surface area (Å²) in [5.74, 6) is 0.161. The van der Waals surface area contributed by atoms with E-state index in [9.17, 15) is 18.0 Å². The van der Waals surface area contributed by atoms with Crippen LogP contribution >= 0.6 is 0 Å². The van der Waals surface area contributed by atoms with Crippen LogP contribution in [0.1, 0.15) is 25.1 Å². The Balaban J connectivity index is 1.64. The van der Waals surface area contributed by atoms with Crippen LogP contribution < -0.4 is 10.2 Å². The van der Waals surface area contributed by atoms with Gasteiger partial charge in [-0.25, -0.2) is 9.97 Å². The molecule has 1 amide bonds. The van der Waals surface area contributed by atoms with Gasteiger partial charge in [0.1, 0.15) is 18.1 Å². The van der Waals surface area contributed by atoms with Gasteiger partial charge in [0.15, 0.2) is 11.3 Å². The number of carbonyl (C=O) groups excluding carboxylic acids is 1. The number of H-pyrrole nitrogens is 1. The summed E-state index contributed by atoms with van der Waals surface area (Å²) in [5, 5.41) is 12.3. The van der Waals surface area contributed by atoms with Crippen LogP contribution in [0.4, 0.5) is 19.0 Å². The number of anilines is 1. The number of aromatic nitrogens is 5. The van der Waals surface area contributed by atoms with Crippen molar-refractivity contribution >= 4 is 33.8 Å². The van der Waals surface area contributed by atoms with Crippen molar-refractivity contribution in [3.05, 3.63) is 18.1 Å². The molecule has 148 valence electrons. The lowest BCUT2D eigenvalue weighted by atomic mass is 10.0. The summed E-state index contributed by atoms with van der Waals surface area (Å²) in [7, 11) is 0. The molecule has 8 nitrogen and oxygen atoms in total. The highest BCUT2D eigenvalue weighted by molar-refractivity contribution is 6.07. The molecular weight excluding hydrogens is 375 g/mol. The minimum Gasteiger partial charge on any atom is -0.354 e. The van der Waals surface area contributed by atoms with Gasteiger partial charge in [0.25, 0.3) is 0 Å². The smallest absolute Gasteiger partial charge is 0.354 e. The second-order valence-electron chi connectivity index (χ2n) is 6.88. The largest absolute Gasteiger partial charge is 0.397 e. The summed E-state index contributed by atoms with van der Waals surface area (Å²) in [6.45, 7) is 2.79. The van der Waals surface area contributed by atoms with Crippen molar-refractivity contribution in [1.29, 1.82) is 0 Å². The van der Waals surface area contributed by atoms with Crippen molar-refractivity contribution in [3.8, 4) is 0 Å². The number of carbonyl (C=O) groups is 1. The standard InChI is InChI=1S/C17H18F3N7O/c1-9-22-15-13(11-4-5-21-14(11)25-26-15)16(23-9)27-6-2-3-10(8-27)24-12(28)7-17(18,19)20/h4-5,10H,2-3,6-8H2,1H3,(H,21,25)(H,24,28). The van der Waals surface area contributed by atoms with Crippen molar-refractivity contribution in [1.82, 2.24) is 30.5 Å². The molecule has 1 aliphatic heterocycles. The molecule has 0 bridgehead atoms. The number of halogens is 3. The molecule has 3 aromatic rings. The van der Waals surface area contributed by atoms with E-state index in [2.05, 4.69) is 30.5 Å². The van der Waals surface area contributed by atoms with E-state index in [1.807, 2.05) is 11.0 Å². The zero-order valence-corrected chi connectivity index (χ0v) is 15.0. The van der Waals surface area contributed by atoms with Crippen LogP contribution in [0.15, 0.2) is 12.3 Å². The monoisotopic (exact) mass is 393 g/mol. The van der Waals surface area contributed by atoms with Crippen LogP contribution in [-0.2, 0) is 4.79 Å². The molecular formula is C17H18F3N7O. The Morgan fingerprint density at radius 1 is 1.36 bits per heavy atom. The highest BCUT2D eigenvalue weighted by atomic mass is 19.4. The third kappa shape index (κ3) is 3.69. The van der Waals surface area contributed by atoms with Crippen molar-refractivity contribution in [2.75, 3.05) is 18.0 Å². The molecule has 0 aliphatic carbocycles. The number of amides is 1. The Labute approximate surface area is 157 Å². The zero-order valence-electron chi connectivity index (χ0n) is 15.0. The van der Waals surface area contributed by atoms with Gasteiger partial charge < -0.3 is 15.2 Å². The van der Waals surface area contributed by atoms with Crippen LogP contribution in [-0.4, -0.2) is 56.4 Å². The molecule has 0 radical (unpaired) electrons. The first-order valence-corrected chi connectivity index (χ1v) is 8.89. The average molecular weight is 393 g/mol. The van der Waals surface area contributed by atoms with E-state index < -0.39 is 18.5 Å². The maximum atomic E-state index is 12.4. The van der Waals surface area contributed by atoms with Crippen LogP contribution in [0.5, 0.6) is 0 Å². The van der Waals surface area contributed by atoms with Crippen molar-refractivity contribution in [2.24, 2.45) is 0 Å². The number of rotatable bonds is 3. The van der Waals surface area contributed by atoms with Crippen LogP contribution in [0.2, 0.25) is 0 Å². The summed E-state index contributed by atoms with van der Waals surface area (Å²) < 4.78 is 37.3. The fraction of sp³-hybridized carbons (Fsp3) is 0.471. The summed E-state index contributed by atoms with van der Waals surface area (Å²) >= 11 is 0. The number of piperidine rings is 1. The molecule has 1 fully saturated rings. The van der Waals surface area contributed by atoms with E-state index in [1.54, 1.807) is 13.1 Å². The maximum Gasteiger partial charge on any atom is 0.397 e. The molecule has 0 saturated carbocycles. The van der Waals surface area contributed by atoms with Gasteiger partial charge in [0.05, 0.1) is 5.39 Å². The predicted molar refractivity (Wildman–Crippen MR) is 95.8 cm³/mol. The van der Waals surface area contributed by atoms with Crippen LogP contribution in [0.25, 0.3) is 22.1 Å². The van der Waals surface area contributed by atoms with Crippen molar-refractivity contribution in [2.45, 2.75) is 38.4 Å². The molecule has 28 heavy (non-hydrogen) atoms. The molecule has 0 spiro atoms. The Hall–Kier alpha value is -2.98. The topological polar surface area (TPSA) is 99.7 Å². The maximum absolute atomic E-state index is 12.4. The van der Waals surface area contributed by atoms with Crippen molar-refractivity contribution < 1.29 is 18.0 Å². The Morgan fingerprint density at radius 3 is 2.96 bits per heavy atom. The van der Waals surface area contributed by atoms with Gasteiger partial charge in [-0.15, -0.1) is 10.2 Å². The second-order valence-corrected chi connectivity index (χ2v) is 6.88. The fourth-order valence-electron chi connectivity index (χ4n) is 3.58. The van der Waals surface area contributed by atoms with Gasteiger partial charge in [0.2, 0.25) is 5.91 Å². The number of hydrogen-bond donors (Lipinski definition) is 2. The first kappa shape index (κ1) is 18.4. The lowest BCUT2D eigenvalue weighted by Crippen LogP contribution is -2.48. The van der Waals surface area contributed by atoms with Gasteiger partial charge in [-0.05, 0) is 25.8 Å². The minimum atomic E-state index is -4.52. The second kappa shape index (κ2) is 6.88. The normalized spacial score (nSPS) is 18.0. The Morgan fingerprint density at radius 2 is 2.18 bits per heavy atom. The SMILES string of the molecule is Cc1nc(N2CCCC(NC(=O)CC(F)(F)F)C2)c2c(nnc3[nH]ccc32)n1. The fourth-order valence-corrected chi connectivity index (χ4v) is 3.58. The van der Waals surface area contributed by atoms with Gasteiger partial charge in [0, 0.05) is 30.7 Å². The molecule has 3 aromatic heterocycles. The number of hydrogen-bond acceptors (Lipinski definition) is 6. The highest BCUT2D eigenvalue weighted by Crippen LogP contribution is 2.30. The molecule has 11 heteroatoms. The van der Waals surface area contributed by atoms with Crippen LogP contribution in [0, 0.1) is 6.92 Å². The van der Waals surface area contributed by atoms with Gasteiger partial charge in [-0.1, -0.05) is 0 Å². The van der Waals surface area contributed by atoms with E-state index in [0.29, 0.717) is 42.4 Å². The summed E-state index contributed by atoms with van der Waals surface area (Å²) in [6, 6.07) is 1.48. The lowest BCUT2D eigenvalue weighted by Gasteiger charge is -2.34. The first-order valence-electron chi connectivity index (χ1n) is 8.89. The summed E-state index contributed by atoms with van der Waals surface area (Å²) in [4.78, 5) is 25.6. The molecule has 1 saturated heterocycles. The number of alkyl halides is 3. The van der Waals surface area contributed by atoms with E-state index in [0.717, 1.165) is 17.2 Å². The quantitative estimate of drug-likeness (QED) is 0.708. The Kier molecular flexibility index (Phi) is 4.52. The van der Waals surface area contributed by atoms with E-state index >= 15 is 0 Å². The molecule has 1 unspecified atom stereocenters. The number of aryl methyl sites for hydroxylation is 1.